The molecular formula is C36H34N8O13S6. The Morgan fingerprint density at radius 1 is 0.286 bits per heavy atom. The topological polar surface area (TPSA) is 275 Å². The van der Waals surface area contributed by atoms with Crippen LogP contribution in [0.4, 0.5) is 0 Å². The van der Waals surface area contributed by atoms with Crippen molar-refractivity contribution in [2.45, 2.75) is 29.4 Å². The van der Waals surface area contributed by atoms with E-state index >= 15 is 0 Å². The van der Waals surface area contributed by atoms with Crippen LogP contribution in [0.25, 0.3) is 0 Å². The van der Waals surface area contributed by atoms with E-state index in [0.29, 0.717) is 0 Å². The Bertz CT molecular complexity index is 2830. The van der Waals surface area contributed by atoms with Crippen LogP contribution in [0.2, 0.25) is 0 Å². The van der Waals surface area contributed by atoms with Crippen LogP contribution in [-0.4, -0.2) is 68.7 Å². The lowest BCUT2D eigenvalue weighted by atomic mass is 10.4. The normalized spacial score (nSPS) is 13.1. The summed E-state index contributed by atoms with van der Waals surface area (Å²) in [6, 6.07) is 35.0. The average molecular weight is 979 g/mol. The number of rotatable bonds is 20. The fourth-order valence-electron chi connectivity index (χ4n) is 5.15. The van der Waals surface area contributed by atoms with E-state index in [2.05, 4.69) is 0 Å². The predicted molar refractivity (Wildman–Crippen MR) is 223 cm³/mol. The van der Waals surface area contributed by atoms with Crippen LogP contribution in [0.15, 0.2) is 211 Å². The molecule has 4 N–H and O–H groups in total. The first kappa shape index (κ1) is 47.1. The second kappa shape index (κ2) is 19.2. The lowest BCUT2D eigenvalue weighted by molar-refractivity contribution is -0.435. The van der Waals surface area contributed by atoms with Crippen molar-refractivity contribution < 1.29 is 55.4 Å². The van der Waals surface area contributed by atoms with E-state index in [1.54, 1.807) is 20.7 Å². The summed E-state index contributed by atoms with van der Waals surface area (Å²) in [5.41, 5.74) is 3.55. The fourth-order valence-corrected chi connectivity index (χ4v) is 13.7. The molecule has 0 aromatic heterocycles. The van der Waals surface area contributed by atoms with Crippen LogP contribution in [0, 0.1) is 0 Å². The summed E-state index contributed by atoms with van der Waals surface area (Å²) in [5.74, 6) is 0. The highest BCUT2D eigenvalue weighted by Gasteiger charge is 2.49. The van der Waals surface area contributed by atoms with Gasteiger partial charge in [0.25, 0.3) is 60.1 Å². The molecule has 0 saturated carbocycles. The van der Waals surface area contributed by atoms with E-state index in [-0.39, 0.29) is 0 Å². The zero-order valence-corrected chi connectivity index (χ0v) is 36.8. The van der Waals surface area contributed by atoms with E-state index in [0.717, 1.165) is 72.8 Å². The first-order valence-corrected chi connectivity index (χ1v) is 26.3. The Morgan fingerprint density at radius 3 is 0.683 bits per heavy atom. The summed E-state index contributed by atoms with van der Waals surface area (Å²) in [7, 11) is -32.3. The second-order valence-corrected chi connectivity index (χ2v) is 23.2. The molecule has 332 valence electrons. The van der Waals surface area contributed by atoms with Crippen molar-refractivity contribution >= 4 is 60.1 Å². The fraction of sp³-hybridized carbons (Fsp3) is 0. The van der Waals surface area contributed by atoms with E-state index < -0.39 is 108 Å². The van der Waals surface area contributed by atoms with E-state index in [1.165, 1.54) is 109 Å². The molecule has 27 heteroatoms. The molecule has 0 saturated heterocycles. The molecule has 0 aliphatic rings. The molecule has 21 nitrogen and oxygen atoms in total. The van der Waals surface area contributed by atoms with Crippen molar-refractivity contribution in [1.29, 1.82) is 0 Å². The van der Waals surface area contributed by atoms with Crippen molar-refractivity contribution in [2.24, 2.45) is 0 Å². The van der Waals surface area contributed by atoms with Crippen LogP contribution in [0.1, 0.15) is 0 Å². The van der Waals surface area contributed by atoms with Crippen molar-refractivity contribution in [3.63, 3.8) is 0 Å². The van der Waals surface area contributed by atoms with Crippen molar-refractivity contribution in [3.8, 4) is 0 Å². The minimum absolute atomic E-state index is 0.494. The Hall–Kier alpha value is -5.34. The maximum atomic E-state index is 14.7. The first-order valence-electron chi connectivity index (χ1n) is 17.5. The van der Waals surface area contributed by atoms with Gasteiger partial charge in [0.1, 0.15) is 0 Å². The van der Waals surface area contributed by atoms with E-state index in [1.807, 2.05) is 0 Å². The molecule has 0 heterocycles. The van der Waals surface area contributed by atoms with Crippen LogP contribution in [0.5, 0.6) is 0 Å². The minimum Gasteiger partial charge on any atom is -0.206 e. The summed E-state index contributed by atoms with van der Waals surface area (Å²) in [6.45, 7) is 0. The van der Waals surface area contributed by atoms with Gasteiger partial charge in [0.05, 0.1) is 29.4 Å². The molecule has 0 unspecified atom stereocenters. The SMILES string of the molecule is O=S(=O)(NNN(ON(NNS(=O)(=O)c1ccccc1)N(S(=O)(=O)c1ccccc1)S(=O)(=O)c1ccccc1)N(S(=O)(=O)c1ccccc1)S(=O)(=O)c1ccccc1)c1ccccc1. The van der Waals surface area contributed by atoms with Crippen molar-refractivity contribution in [3.05, 3.63) is 182 Å². The molecule has 6 aromatic rings. The highest BCUT2D eigenvalue weighted by molar-refractivity contribution is 8.04. The van der Waals surface area contributed by atoms with Crippen LogP contribution >= 0.6 is 0 Å². The van der Waals surface area contributed by atoms with Crippen molar-refractivity contribution in [2.75, 3.05) is 0 Å². The van der Waals surface area contributed by atoms with Gasteiger partial charge in [-0.2, -0.15) is 0 Å². The van der Waals surface area contributed by atoms with Crippen LogP contribution in [0.3, 0.4) is 0 Å². The van der Waals surface area contributed by atoms with Crippen LogP contribution in [-0.2, 0) is 65.1 Å². The van der Waals surface area contributed by atoms with Crippen molar-refractivity contribution in [1.82, 2.24) is 38.9 Å². The smallest absolute Gasteiger partial charge is 0.206 e. The molecule has 0 radical (unpaired) electrons. The largest absolute Gasteiger partial charge is 0.273 e. The van der Waals surface area contributed by atoms with Gasteiger partial charge in [0, 0.05) is 18.2 Å². The summed E-state index contributed by atoms with van der Waals surface area (Å²) in [4.78, 5) is 4.90. The number of nitrogens with zero attached hydrogens (tertiary/aromatic N) is 4. The lowest BCUT2D eigenvalue weighted by Gasteiger charge is -2.37. The molecule has 0 bridgehead atoms. The lowest BCUT2D eigenvalue weighted by Crippen LogP contribution is -2.67. The Kier molecular flexibility index (Phi) is 14.4. The number of benzene rings is 6. The summed E-state index contributed by atoms with van der Waals surface area (Å²) < 4.78 is 171. The molecule has 0 spiro atoms. The van der Waals surface area contributed by atoms with Gasteiger partial charge in [-0.1, -0.05) is 109 Å². The van der Waals surface area contributed by atoms with Gasteiger partial charge in [0.15, 0.2) is 0 Å². The maximum absolute atomic E-state index is 14.7. The van der Waals surface area contributed by atoms with Gasteiger partial charge in [-0.05, 0) is 72.8 Å². The van der Waals surface area contributed by atoms with E-state index in [4.69, 9.17) is 4.94 Å². The molecule has 6 aromatic carbocycles. The predicted octanol–water partition coefficient (Wildman–Crippen LogP) is 2.22. The van der Waals surface area contributed by atoms with E-state index in [9.17, 15) is 50.5 Å². The summed E-state index contributed by atoms with van der Waals surface area (Å²) >= 11 is 0. The van der Waals surface area contributed by atoms with Gasteiger partial charge in [0.2, 0.25) is 0 Å². The number of nitrogens with one attached hydrogen (secondary N) is 4. The Labute approximate surface area is 363 Å². The minimum atomic E-state index is -5.63. The van der Waals surface area contributed by atoms with Gasteiger partial charge < -0.3 is 0 Å². The third-order valence-corrected chi connectivity index (χ3v) is 18.7. The quantitative estimate of drug-likeness (QED) is 0.0799. The van der Waals surface area contributed by atoms with Crippen LogP contribution < -0.4 is 20.7 Å². The number of hydrazine groups is 6. The molecule has 0 aliphatic heterocycles. The molecule has 0 amide bonds. The maximum Gasteiger partial charge on any atom is 0.273 e. The number of hydrogen-bond acceptors (Lipinski definition) is 17. The molecule has 0 atom stereocenters. The average Bonchev–Trinajstić information content (AvgIpc) is 3.29. The Morgan fingerprint density at radius 2 is 0.476 bits per heavy atom. The molecule has 0 aliphatic carbocycles. The summed E-state index contributed by atoms with van der Waals surface area (Å²) in [5, 5.41) is -1.02. The van der Waals surface area contributed by atoms with Gasteiger partial charge in [-0.25, -0.2) is 50.5 Å². The number of hydrogen-bond donors (Lipinski definition) is 4. The summed E-state index contributed by atoms with van der Waals surface area (Å²) in [6.07, 6.45) is 0. The third kappa shape index (κ3) is 10.6. The highest BCUT2D eigenvalue weighted by Crippen LogP contribution is 2.30. The molecule has 0 fully saturated rings. The highest BCUT2D eigenvalue weighted by atomic mass is 32.3. The standard InChI is InChI=1S/C36H34N8O13S6/c45-58(46,31-19-7-1-8-20-31)39-37-41(43(60(49,50)33-23-11-3-12-24-33)61(51,52)34-25-13-4-14-26-34)57-42(38-40-59(47,48)32-21-9-2-10-22-32)44(62(53,54)35-27-15-5-16-28-35)63(55,56)36-29-17-6-18-30-36/h1-30,37-40H. The van der Waals surface area contributed by atoms with Gasteiger partial charge in [-0.15, -0.1) is 25.7 Å². The van der Waals surface area contributed by atoms with Gasteiger partial charge in [-0.3, -0.25) is 0 Å². The first-order chi connectivity index (χ1) is 29.8. The zero-order valence-electron chi connectivity index (χ0n) is 31.9. The molecule has 6 rings (SSSR count). The van der Waals surface area contributed by atoms with Gasteiger partial charge >= 0.3 is 0 Å². The molecular weight excluding hydrogens is 945 g/mol. The number of sulfonamides is 6. The Balaban J connectivity index is 1.64. The third-order valence-electron chi connectivity index (χ3n) is 8.10. The monoisotopic (exact) mass is 978 g/mol. The second-order valence-electron chi connectivity index (χ2n) is 12.3. The molecule has 63 heavy (non-hydrogen) atoms. The zero-order chi connectivity index (χ0) is 45.5.